The second-order valence-electron chi connectivity index (χ2n) is 4.01. The van der Waals surface area contributed by atoms with E-state index in [9.17, 15) is 0 Å². The molecular weight excluding hydrogens is 176 g/mol. The van der Waals surface area contributed by atoms with Gasteiger partial charge in [-0.05, 0) is 31.7 Å². The van der Waals surface area contributed by atoms with Crippen molar-refractivity contribution in [1.29, 1.82) is 0 Å². The van der Waals surface area contributed by atoms with Crippen molar-refractivity contribution < 1.29 is 0 Å². The van der Waals surface area contributed by atoms with E-state index in [0.29, 0.717) is 0 Å². The average Bonchev–Trinajstić information content (AvgIpc) is 2.89. The Bertz CT molecular complexity index is 277. The summed E-state index contributed by atoms with van der Waals surface area (Å²) in [6, 6.07) is 0. The fourth-order valence-corrected chi connectivity index (χ4v) is 1.55. The highest BCUT2D eigenvalue weighted by Crippen LogP contribution is 2.27. The highest BCUT2D eigenvalue weighted by atomic mass is 15.3. The lowest BCUT2D eigenvalue weighted by Gasteiger charge is -2.05. The van der Waals surface area contributed by atoms with Gasteiger partial charge in [0.2, 0.25) is 0 Å². The van der Waals surface area contributed by atoms with Crippen LogP contribution >= 0.6 is 0 Å². The topological polar surface area (TPSA) is 42.7 Å². The van der Waals surface area contributed by atoms with E-state index in [1.165, 1.54) is 12.8 Å². The molecule has 0 amide bonds. The van der Waals surface area contributed by atoms with Crippen molar-refractivity contribution in [3.8, 4) is 0 Å². The first-order valence-corrected chi connectivity index (χ1v) is 5.47. The molecular formula is C10H18N4. The fourth-order valence-electron chi connectivity index (χ4n) is 1.55. The number of rotatable bonds is 6. The summed E-state index contributed by atoms with van der Waals surface area (Å²) < 4.78 is 2.12. The van der Waals surface area contributed by atoms with Gasteiger partial charge in [0, 0.05) is 6.54 Å². The molecule has 2 rings (SSSR count). The molecule has 1 heterocycles. The van der Waals surface area contributed by atoms with Crippen LogP contribution < -0.4 is 5.32 Å². The minimum atomic E-state index is 0.858. The Hall–Kier alpha value is -0.900. The first kappa shape index (κ1) is 9.65. The van der Waals surface area contributed by atoms with Gasteiger partial charge in [0.1, 0.15) is 12.2 Å². The third-order valence-electron chi connectivity index (χ3n) is 2.57. The summed E-state index contributed by atoms with van der Waals surface area (Å²) in [5.41, 5.74) is 0. The molecule has 1 saturated carbocycles. The first-order chi connectivity index (χ1) is 6.90. The summed E-state index contributed by atoms with van der Waals surface area (Å²) >= 11 is 0. The van der Waals surface area contributed by atoms with Crippen LogP contribution in [0.25, 0.3) is 0 Å². The van der Waals surface area contributed by atoms with Crippen molar-refractivity contribution in [1.82, 2.24) is 20.1 Å². The molecule has 0 bridgehead atoms. The van der Waals surface area contributed by atoms with Crippen molar-refractivity contribution in [2.45, 2.75) is 39.3 Å². The zero-order valence-electron chi connectivity index (χ0n) is 8.74. The molecule has 0 radical (unpaired) electrons. The Morgan fingerprint density at radius 2 is 2.43 bits per heavy atom. The Morgan fingerprint density at radius 3 is 3.14 bits per heavy atom. The second kappa shape index (κ2) is 4.55. The van der Waals surface area contributed by atoms with Gasteiger partial charge in [0.25, 0.3) is 0 Å². The summed E-state index contributed by atoms with van der Waals surface area (Å²) in [5.74, 6) is 1.99. The SMILES string of the molecule is CCCn1cnnc1CNCC1CC1. The largest absolute Gasteiger partial charge is 0.317 e. The van der Waals surface area contributed by atoms with E-state index < -0.39 is 0 Å². The van der Waals surface area contributed by atoms with Gasteiger partial charge in [-0.2, -0.15) is 0 Å². The van der Waals surface area contributed by atoms with Crippen LogP contribution in [0.3, 0.4) is 0 Å². The van der Waals surface area contributed by atoms with Crippen molar-refractivity contribution in [3.05, 3.63) is 12.2 Å². The predicted molar refractivity (Wildman–Crippen MR) is 54.7 cm³/mol. The molecule has 0 atom stereocenters. The van der Waals surface area contributed by atoms with Crippen LogP contribution in [-0.4, -0.2) is 21.3 Å². The van der Waals surface area contributed by atoms with Crippen LogP contribution in [0.15, 0.2) is 6.33 Å². The molecule has 1 N–H and O–H groups in total. The van der Waals surface area contributed by atoms with Crippen molar-refractivity contribution >= 4 is 0 Å². The molecule has 0 saturated heterocycles. The van der Waals surface area contributed by atoms with E-state index >= 15 is 0 Å². The molecule has 1 aromatic heterocycles. The minimum absolute atomic E-state index is 0.858. The Kier molecular flexibility index (Phi) is 3.14. The first-order valence-electron chi connectivity index (χ1n) is 5.47. The van der Waals surface area contributed by atoms with E-state index in [4.69, 9.17) is 0 Å². The number of hydrogen-bond acceptors (Lipinski definition) is 3. The van der Waals surface area contributed by atoms with E-state index in [-0.39, 0.29) is 0 Å². The molecule has 4 heteroatoms. The van der Waals surface area contributed by atoms with Gasteiger partial charge < -0.3 is 9.88 Å². The van der Waals surface area contributed by atoms with Gasteiger partial charge in [-0.1, -0.05) is 6.92 Å². The van der Waals surface area contributed by atoms with Crippen LogP contribution in [0.5, 0.6) is 0 Å². The van der Waals surface area contributed by atoms with E-state index in [2.05, 4.69) is 27.0 Å². The fraction of sp³-hybridized carbons (Fsp3) is 0.800. The molecule has 1 aromatic rings. The molecule has 14 heavy (non-hydrogen) atoms. The molecule has 0 aliphatic heterocycles. The smallest absolute Gasteiger partial charge is 0.146 e. The Morgan fingerprint density at radius 1 is 1.57 bits per heavy atom. The molecule has 0 unspecified atom stereocenters. The quantitative estimate of drug-likeness (QED) is 0.739. The maximum Gasteiger partial charge on any atom is 0.146 e. The molecule has 78 valence electrons. The lowest BCUT2D eigenvalue weighted by atomic mass is 10.4. The normalized spacial score (nSPS) is 16.1. The summed E-state index contributed by atoms with van der Waals surface area (Å²) in [6.45, 7) is 5.18. The average molecular weight is 194 g/mol. The molecule has 0 aromatic carbocycles. The highest BCUT2D eigenvalue weighted by molar-refractivity contribution is 4.86. The summed E-state index contributed by atoms with van der Waals surface area (Å²) in [6.07, 6.45) is 5.74. The lowest BCUT2D eigenvalue weighted by Crippen LogP contribution is -2.19. The molecule has 0 spiro atoms. The number of hydrogen-bond donors (Lipinski definition) is 1. The van der Waals surface area contributed by atoms with Crippen LogP contribution in [0.2, 0.25) is 0 Å². The van der Waals surface area contributed by atoms with Gasteiger partial charge in [-0.3, -0.25) is 0 Å². The second-order valence-corrected chi connectivity index (χ2v) is 4.01. The van der Waals surface area contributed by atoms with Gasteiger partial charge in [0.05, 0.1) is 6.54 Å². The monoisotopic (exact) mass is 194 g/mol. The molecule has 1 aliphatic rings. The minimum Gasteiger partial charge on any atom is -0.317 e. The van der Waals surface area contributed by atoms with Crippen LogP contribution in [0.4, 0.5) is 0 Å². The van der Waals surface area contributed by atoms with Gasteiger partial charge in [-0.15, -0.1) is 10.2 Å². The molecule has 1 fully saturated rings. The van der Waals surface area contributed by atoms with Gasteiger partial charge >= 0.3 is 0 Å². The maximum absolute atomic E-state index is 4.10. The summed E-state index contributed by atoms with van der Waals surface area (Å²) in [7, 11) is 0. The van der Waals surface area contributed by atoms with Crippen molar-refractivity contribution in [2.24, 2.45) is 5.92 Å². The molecule has 1 aliphatic carbocycles. The standard InChI is InChI=1S/C10H18N4/c1-2-5-14-8-12-13-10(14)7-11-6-9-3-4-9/h8-9,11H,2-7H2,1H3. The summed E-state index contributed by atoms with van der Waals surface area (Å²) in [4.78, 5) is 0. The van der Waals surface area contributed by atoms with Gasteiger partial charge in [-0.25, -0.2) is 0 Å². The number of nitrogens with zero attached hydrogens (tertiary/aromatic N) is 3. The van der Waals surface area contributed by atoms with Crippen LogP contribution in [0, 0.1) is 5.92 Å². The number of aryl methyl sites for hydroxylation is 1. The third kappa shape index (κ3) is 2.54. The number of aromatic nitrogens is 3. The van der Waals surface area contributed by atoms with E-state index in [1.807, 2.05) is 6.33 Å². The third-order valence-corrected chi connectivity index (χ3v) is 2.57. The number of nitrogens with one attached hydrogen (secondary N) is 1. The van der Waals surface area contributed by atoms with Crippen LogP contribution in [-0.2, 0) is 13.1 Å². The van der Waals surface area contributed by atoms with E-state index in [1.54, 1.807) is 0 Å². The van der Waals surface area contributed by atoms with Crippen molar-refractivity contribution in [3.63, 3.8) is 0 Å². The lowest BCUT2D eigenvalue weighted by molar-refractivity contribution is 0.572. The van der Waals surface area contributed by atoms with Crippen molar-refractivity contribution in [2.75, 3.05) is 6.54 Å². The zero-order chi connectivity index (χ0) is 9.80. The van der Waals surface area contributed by atoms with Gasteiger partial charge in [0.15, 0.2) is 0 Å². The highest BCUT2D eigenvalue weighted by Gasteiger charge is 2.20. The Balaban J connectivity index is 1.78. The zero-order valence-corrected chi connectivity index (χ0v) is 8.74. The predicted octanol–water partition coefficient (Wildman–Crippen LogP) is 1.19. The van der Waals surface area contributed by atoms with Crippen LogP contribution in [0.1, 0.15) is 32.0 Å². The molecule has 4 nitrogen and oxygen atoms in total. The summed E-state index contributed by atoms with van der Waals surface area (Å²) in [5, 5.41) is 11.5. The maximum atomic E-state index is 4.10. The Labute approximate surface area is 84.7 Å². The van der Waals surface area contributed by atoms with E-state index in [0.717, 1.165) is 37.8 Å².